The predicted molar refractivity (Wildman–Crippen MR) is 271 cm³/mol. The van der Waals surface area contributed by atoms with E-state index in [1.54, 1.807) is 0 Å². The molecule has 0 unspecified atom stereocenters. The van der Waals surface area contributed by atoms with Gasteiger partial charge in [0.05, 0.1) is 38.6 Å². The average molecular weight is 822 g/mol. The molecule has 10 aromatic rings. The molecule has 0 spiro atoms. The standard InChI is InChI=1S/C56H51N3Si2/c1-60(2,3)45-34-30-43(31-35-45)57(40-20-10-7-11-21-40)51-38-53-55(49-28-18-16-26-47(49)51)56-50-29-19-17-27-48(50)52(39-54(56)59(53)42-24-14-9-15-25-42)58(41-22-12-8-13-23-41)44-32-36-46(37-33-44)61(4,5)6/h7-39H,1-6H3. The second-order valence-corrected chi connectivity index (χ2v) is 28.4. The third-order valence-corrected chi connectivity index (χ3v) is 16.4. The Kier molecular flexibility index (Phi) is 9.54. The van der Waals surface area contributed by atoms with E-state index in [0.29, 0.717) is 0 Å². The highest BCUT2D eigenvalue weighted by molar-refractivity contribution is 6.89. The maximum Gasteiger partial charge on any atom is 0.0775 e. The zero-order chi connectivity index (χ0) is 41.9. The van der Waals surface area contributed by atoms with E-state index in [1.807, 2.05) is 0 Å². The van der Waals surface area contributed by atoms with Crippen LogP contribution in [-0.2, 0) is 0 Å². The Hall–Kier alpha value is -6.67. The van der Waals surface area contributed by atoms with Crippen LogP contribution >= 0.6 is 0 Å². The molecule has 298 valence electrons. The van der Waals surface area contributed by atoms with E-state index < -0.39 is 16.1 Å². The molecule has 3 nitrogen and oxygen atoms in total. The van der Waals surface area contributed by atoms with Crippen molar-refractivity contribution < 1.29 is 0 Å². The first-order chi connectivity index (χ1) is 29.6. The molecule has 0 saturated carbocycles. The Bertz CT molecular complexity index is 2980. The quantitative estimate of drug-likeness (QED) is 0.134. The molecule has 0 amide bonds. The first-order valence-electron chi connectivity index (χ1n) is 21.4. The SMILES string of the molecule is C[Si](C)(C)c1ccc(N(c2ccccc2)c2cc3c(c4ccccc24)c2c4ccccc4c(N(c4ccccc4)c4ccc([Si](C)(C)C)cc4)cc2n3-c2ccccc2)cc1. The minimum Gasteiger partial charge on any atom is -0.310 e. The van der Waals surface area contributed by atoms with E-state index >= 15 is 0 Å². The van der Waals surface area contributed by atoms with Gasteiger partial charge < -0.3 is 14.4 Å². The molecule has 0 radical (unpaired) electrons. The van der Waals surface area contributed by atoms with Crippen LogP contribution < -0.4 is 20.2 Å². The second-order valence-electron chi connectivity index (χ2n) is 18.3. The van der Waals surface area contributed by atoms with Crippen molar-refractivity contribution >= 4 is 104 Å². The lowest BCUT2D eigenvalue weighted by Gasteiger charge is -2.28. The van der Waals surface area contributed by atoms with E-state index in [0.717, 1.165) is 39.8 Å². The van der Waals surface area contributed by atoms with Crippen molar-refractivity contribution in [1.82, 2.24) is 4.57 Å². The lowest BCUT2D eigenvalue weighted by Crippen LogP contribution is -2.37. The molecule has 0 fully saturated rings. The van der Waals surface area contributed by atoms with Gasteiger partial charge in [-0.3, -0.25) is 0 Å². The summed E-state index contributed by atoms with van der Waals surface area (Å²) in [5.41, 5.74) is 10.3. The largest absolute Gasteiger partial charge is 0.310 e. The smallest absolute Gasteiger partial charge is 0.0775 e. The van der Waals surface area contributed by atoms with Gasteiger partial charge in [-0.05, 0) is 83.6 Å². The summed E-state index contributed by atoms with van der Waals surface area (Å²) >= 11 is 0. The second kappa shape index (κ2) is 15.1. The number of rotatable bonds is 9. The summed E-state index contributed by atoms with van der Waals surface area (Å²) in [6.45, 7) is 14.5. The predicted octanol–water partition coefficient (Wildman–Crippen LogP) is 15.1. The topological polar surface area (TPSA) is 11.4 Å². The fraction of sp³-hybridized carbons (Fsp3) is 0.107. The minimum atomic E-state index is -1.51. The summed E-state index contributed by atoms with van der Waals surface area (Å²) in [7, 11) is -3.01. The van der Waals surface area contributed by atoms with Gasteiger partial charge in [0.25, 0.3) is 0 Å². The number of hydrogen-bond acceptors (Lipinski definition) is 2. The highest BCUT2D eigenvalue weighted by Crippen LogP contribution is 2.49. The number of fused-ring (bicyclic) bond motifs is 7. The number of hydrogen-bond donors (Lipinski definition) is 0. The highest BCUT2D eigenvalue weighted by atomic mass is 28.3. The van der Waals surface area contributed by atoms with Crippen molar-refractivity contribution in [3.8, 4) is 5.69 Å². The van der Waals surface area contributed by atoms with E-state index in [1.165, 1.54) is 53.7 Å². The molecule has 0 saturated heterocycles. The van der Waals surface area contributed by atoms with Crippen molar-refractivity contribution in [2.24, 2.45) is 0 Å². The summed E-state index contributed by atoms with van der Waals surface area (Å²) in [6.07, 6.45) is 0. The molecule has 0 bridgehead atoms. The maximum atomic E-state index is 2.51. The summed E-state index contributed by atoms with van der Waals surface area (Å²) in [6, 6.07) is 74.2. The van der Waals surface area contributed by atoms with Gasteiger partial charge in [-0.2, -0.15) is 0 Å². The van der Waals surface area contributed by atoms with Crippen LogP contribution in [-0.4, -0.2) is 20.7 Å². The van der Waals surface area contributed by atoms with Gasteiger partial charge in [0.1, 0.15) is 0 Å². The van der Waals surface area contributed by atoms with E-state index in [9.17, 15) is 0 Å². The highest BCUT2D eigenvalue weighted by Gasteiger charge is 2.26. The zero-order valence-corrected chi connectivity index (χ0v) is 37.9. The molecule has 0 aliphatic heterocycles. The fourth-order valence-corrected chi connectivity index (χ4v) is 11.5. The summed E-state index contributed by atoms with van der Waals surface area (Å²) in [5, 5.41) is 10.3. The minimum absolute atomic E-state index is 1.13. The molecule has 0 atom stereocenters. The molecule has 0 aliphatic rings. The number of anilines is 6. The van der Waals surface area contributed by atoms with Crippen molar-refractivity contribution in [2.45, 2.75) is 39.3 Å². The molecule has 61 heavy (non-hydrogen) atoms. The normalized spacial score (nSPS) is 12.1. The van der Waals surface area contributed by atoms with Crippen LogP contribution in [0.4, 0.5) is 34.1 Å². The molecule has 0 aliphatic carbocycles. The Labute approximate surface area is 361 Å². The monoisotopic (exact) mass is 821 g/mol. The number of nitrogens with zero attached hydrogens (tertiary/aromatic N) is 3. The van der Waals surface area contributed by atoms with Crippen molar-refractivity contribution in [1.29, 1.82) is 0 Å². The lowest BCUT2D eigenvalue weighted by atomic mass is 9.96. The molecule has 1 aromatic heterocycles. The Morgan fingerprint density at radius 2 is 0.639 bits per heavy atom. The fourth-order valence-electron chi connectivity index (χ4n) is 9.15. The van der Waals surface area contributed by atoms with Crippen molar-refractivity contribution in [3.05, 3.63) is 200 Å². The van der Waals surface area contributed by atoms with E-state index in [-0.39, 0.29) is 0 Å². The van der Waals surface area contributed by atoms with E-state index in [4.69, 9.17) is 0 Å². The van der Waals surface area contributed by atoms with Gasteiger partial charge in [-0.1, -0.05) is 177 Å². The molecule has 0 N–H and O–H groups in total. The van der Waals surface area contributed by atoms with Crippen LogP contribution in [0, 0.1) is 0 Å². The van der Waals surface area contributed by atoms with Crippen LogP contribution in [0.15, 0.2) is 200 Å². The molecular formula is C56H51N3Si2. The third kappa shape index (κ3) is 6.84. The van der Waals surface area contributed by atoms with Gasteiger partial charge in [0.15, 0.2) is 0 Å². The van der Waals surface area contributed by atoms with Gasteiger partial charge in [0, 0.05) is 50.0 Å². The molecule has 5 heteroatoms. The Balaban J connectivity index is 1.33. The molecular weight excluding hydrogens is 771 g/mol. The number of para-hydroxylation sites is 3. The molecule has 1 heterocycles. The maximum absolute atomic E-state index is 2.51. The summed E-state index contributed by atoms with van der Waals surface area (Å²) < 4.78 is 2.51. The van der Waals surface area contributed by atoms with Gasteiger partial charge in [0.2, 0.25) is 0 Å². The van der Waals surface area contributed by atoms with Crippen LogP contribution in [0.2, 0.25) is 39.3 Å². The zero-order valence-electron chi connectivity index (χ0n) is 35.9. The first kappa shape index (κ1) is 38.5. The van der Waals surface area contributed by atoms with Crippen LogP contribution in [0.25, 0.3) is 49.0 Å². The van der Waals surface area contributed by atoms with Gasteiger partial charge >= 0.3 is 0 Å². The number of aromatic nitrogens is 1. The van der Waals surface area contributed by atoms with Gasteiger partial charge in [-0.25, -0.2) is 0 Å². The summed E-state index contributed by atoms with van der Waals surface area (Å²) in [5.74, 6) is 0. The van der Waals surface area contributed by atoms with Crippen LogP contribution in [0.1, 0.15) is 0 Å². The molecule has 9 aromatic carbocycles. The van der Waals surface area contributed by atoms with Crippen molar-refractivity contribution in [3.63, 3.8) is 0 Å². The van der Waals surface area contributed by atoms with Crippen LogP contribution in [0.5, 0.6) is 0 Å². The average Bonchev–Trinajstić information content (AvgIpc) is 3.62. The van der Waals surface area contributed by atoms with Crippen molar-refractivity contribution in [2.75, 3.05) is 9.80 Å². The Morgan fingerprint density at radius 1 is 0.328 bits per heavy atom. The summed E-state index contributed by atoms with van der Waals surface area (Å²) in [4.78, 5) is 4.90. The lowest BCUT2D eigenvalue weighted by molar-refractivity contribution is 1.18. The van der Waals surface area contributed by atoms with Gasteiger partial charge in [-0.15, -0.1) is 0 Å². The molecule has 10 rings (SSSR count). The number of benzene rings is 9. The Morgan fingerprint density at radius 3 is 1.00 bits per heavy atom. The van der Waals surface area contributed by atoms with E-state index in [2.05, 4.69) is 254 Å². The first-order valence-corrected chi connectivity index (χ1v) is 28.4. The third-order valence-electron chi connectivity index (χ3n) is 12.2. The van der Waals surface area contributed by atoms with Crippen LogP contribution in [0.3, 0.4) is 0 Å².